The lowest BCUT2D eigenvalue weighted by Crippen LogP contribution is -2.40. The Kier molecular flexibility index (Phi) is 4.34. The largest absolute Gasteiger partial charge is 0.481 e. The molecule has 120 valence electrons. The zero-order valence-corrected chi connectivity index (χ0v) is 11.4. The maximum atomic E-state index is 12.5. The van der Waals surface area contributed by atoms with Crippen LogP contribution in [0.5, 0.6) is 0 Å². The molecule has 1 fully saturated rings. The Morgan fingerprint density at radius 1 is 1.23 bits per heavy atom. The van der Waals surface area contributed by atoms with Crippen LogP contribution in [0.25, 0.3) is 0 Å². The van der Waals surface area contributed by atoms with E-state index in [1.807, 2.05) is 0 Å². The lowest BCUT2D eigenvalue weighted by Gasteiger charge is -2.40. The average Bonchev–Trinajstić information content (AvgIpc) is 2.40. The summed E-state index contributed by atoms with van der Waals surface area (Å²) < 4.78 is 42.6. The van der Waals surface area contributed by atoms with E-state index in [1.54, 1.807) is 0 Å². The number of ether oxygens (including phenoxy) is 1. The van der Waals surface area contributed by atoms with Gasteiger partial charge in [0.25, 0.3) is 0 Å². The molecule has 0 saturated heterocycles. The average molecular weight is 318 g/mol. The molecule has 0 radical (unpaired) electrons. The number of carbonyl (C=O) groups excluding carboxylic acids is 1. The fraction of sp³-hybridized carbons (Fsp3) is 0.538. The predicted octanol–water partition coefficient (Wildman–Crippen LogP) is 2.28. The molecule has 6 nitrogen and oxygen atoms in total. The number of aliphatic carboxylic acids is 1. The van der Waals surface area contributed by atoms with Crippen LogP contribution in [0.2, 0.25) is 0 Å². The van der Waals surface area contributed by atoms with Gasteiger partial charge in [0.2, 0.25) is 0 Å². The van der Waals surface area contributed by atoms with E-state index in [0.717, 1.165) is 18.6 Å². The number of alkyl halides is 3. The molecule has 9 heteroatoms. The number of nitrogens with zero attached hydrogens (tertiary/aromatic N) is 2. The van der Waals surface area contributed by atoms with Crippen molar-refractivity contribution >= 4 is 11.9 Å². The van der Waals surface area contributed by atoms with Crippen molar-refractivity contribution < 1.29 is 32.6 Å². The first-order valence-electron chi connectivity index (χ1n) is 6.58. The third-order valence-corrected chi connectivity index (χ3v) is 3.44. The summed E-state index contributed by atoms with van der Waals surface area (Å²) in [5.74, 6) is -1.85. The van der Waals surface area contributed by atoms with Gasteiger partial charge in [-0.15, -0.1) is 5.10 Å². The van der Waals surface area contributed by atoms with E-state index in [9.17, 15) is 22.8 Å². The molecule has 0 spiro atoms. The van der Waals surface area contributed by atoms with Gasteiger partial charge in [0.15, 0.2) is 11.3 Å². The van der Waals surface area contributed by atoms with Gasteiger partial charge in [-0.2, -0.15) is 18.3 Å². The summed E-state index contributed by atoms with van der Waals surface area (Å²) in [5, 5.41) is 15.2. The van der Waals surface area contributed by atoms with Crippen molar-refractivity contribution in [2.75, 3.05) is 0 Å². The minimum atomic E-state index is -4.59. The summed E-state index contributed by atoms with van der Waals surface area (Å²) in [6.45, 7) is 0. The maximum Gasteiger partial charge on any atom is 0.435 e. The Morgan fingerprint density at radius 3 is 2.32 bits per heavy atom. The molecule has 1 heterocycles. The minimum Gasteiger partial charge on any atom is -0.481 e. The van der Waals surface area contributed by atoms with Gasteiger partial charge >= 0.3 is 18.1 Å². The number of hydrogen-bond acceptors (Lipinski definition) is 5. The molecule has 0 aliphatic heterocycles. The van der Waals surface area contributed by atoms with E-state index >= 15 is 0 Å². The molecule has 0 aromatic carbocycles. The smallest absolute Gasteiger partial charge is 0.435 e. The highest BCUT2D eigenvalue weighted by Gasteiger charge is 2.45. The van der Waals surface area contributed by atoms with Crippen LogP contribution in [-0.2, 0) is 26.1 Å². The van der Waals surface area contributed by atoms with E-state index < -0.39 is 29.4 Å². The van der Waals surface area contributed by atoms with Crippen molar-refractivity contribution in [1.82, 2.24) is 10.2 Å². The molecule has 1 N–H and O–H groups in total. The van der Waals surface area contributed by atoms with E-state index in [2.05, 4.69) is 10.2 Å². The summed E-state index contributed by atoms with van der Waals surface area (Å²) in [5.41, 5.74) is -2.06. The number of aromatic nitrogens is 2. The lowest BCUT2D eigenvalue weighted by molar-refractivity contribution is -0.174. The van der Waals surface area contributed by atoms with Crippen LogP contribution in [0, 0.1) is 0 Å². The molecule has 1 aliphatic carbocycles. The van der Waals surface area contributed by atoms with Crippen LogP contribution < -0.4 is 0 Å². The fourth-order valence-corrected chi connectivity index (χ4v) is 2.11. The van der Waals surface area contributed by atoms with Gasteiger partial charge in [0.1, 0.15) is 5.69 Å². The van der Waals surface area contributed by atoms with Crippen molar-refractivity contribution in [2.45, 2.75) is 43.9 Å². The van der Waals surface area contributed by atoms with Crippen LogP contribution in [0.1, 0.15) is 43.5 Å². The first-order chi connectivity index (χ1) is 10.2. The number of esters is 1. The zero-order valence-electron chi connectivity index (χ0n) is 11.4. The van der Waals surface area contributed by atoms with E-state index in [4.69, 9.17) is 9.84 Å². The lowest BCUT2D eigenvalue weighted by atomic mass is 9.77. The number of carboxylic acids is 1. The Balaban J connectivity index is 2.10. The highest BCUT2D eigenvalue weighted by molar-refractivity contribution is 5.76. The number of rotatable bonds is 5. The van der Waals surface area contributed by atoms with Gasteiger partial charge < -0.3 is 9.84 Å². The molecule has 1 aliphatic rings. The molecule has 0 amide bonds. The van der Waals surface area contributed by atoms with Crippen LogP contribution in [-0.4, -0.2) is 27.2 Å². The van der Waals surface area contributed by atoms with Crippen molar-refractivity contribution in [2.24, 2.45) is 0 Å². The minimum absolute atomic E-state index is 0.149. The molecule has 1 saturated carbocycles. The van der Waals surface area contributed by atoms with Gasteiger partial charge in [-0.1, -0.05) is 0 Å². The third-order valence-electron chi connectivity index (χ3n) is 3.44. The van der Waals surface area contributed by atoms with Gasteiger partial charge in [0, 0.05) is 0 Å². The van der Waals surface area contributed by atoms with Crippen LogP contribution in [0.4, 0.5) is 13.2 Å². The van der Waals surface area contributed by atoms with Gasteiger partial charge in [-0.25, -0.2) is 0 Å². The standard InChI is InChI=1S/C13H13F3N2O4/c14-13(15,16)9-3-2-8(17-18-9)12(6-1-7-12)22-11(21)5-4-10(19)20/h2-3H,1,4-7H2,(H,19,20). The van der Waals surface area contributed by atoms with Crippen molar-refractivity contribution in [3.05, 3.63) is 23.5 Å². The third kappa shape index (κ3) is 3.52. The van der Waals surface area contributed by atoms with E-state index in [-0.39, 0.29) is 18.5 Å². The Hall–Kier alpha value is -2.19. The molecule has 0 atom stereocenters. The molecular formula is C13H13F3N2O4. The monoisotopic (exact) mass is 318 g/mol. The van der Waals surface area contributed by atoms with Crippen molar-refractivity contribution in [3.63, 3.8) is 0 Å². The predicted molar refractivity (Wildman–Crippen MR) is 65.5 cm³/mol. The maximum absolute atomic E-state index is 12.5. The van der Waals surface area contributed by atoms with Crippen LogP contribution in [0.3, 0.4) is 0 Å². The quantitative estimate of drug-likeness (QED) is 0.838. The Bertz CT molecular complexity index is 568. The molecule has 2 rings (SSSR count). The molecule has 1 aromatic rings. The number of carboxylic acid groups (broad SMARTS) is 1. The second-order valence-electron chi connectivity index (χ2n) is 5.02. The second kappa shape index (κ2) is 5.90. The summed E-state index contributed by atoms with van der Waals surface area (Å²) >= 11 is 0. The van der Waals surface area contributed by atoms with Crippen molar-refractivity contribution in [1.29, 1.82) is 0 Å². The molecule has 22 heavy (non-hydrogen) atoms. The van der Waals surface area contributed by atoms with Crippen LogP contribution >= 0.6 is 0 Å². The normalized spacial score (nSPS) is 16.7. The zero-order chi connectivity index (χ0) is 16.4. The fourth-order valence-electron chi connectivity index (χ4n) is 2.11. The summed E-state index contributed by atoms with van der Waals surface area (Å²) in [4.78, 5) is 22.1. The molecule has 1 aromatic heterocycles. The first-order valence-corrected chi connectivity index (χ1v) is 6.58. The van der Waals surface area contributed by atoms with Gasteiger partial charge in [0.05, 0.1) is 12.8 Å². The highest BCUT2D eigenvalue weighted by atomic mass is 19.4. The second-order valence-corrected chi connectivity index (χ2v) is 5.02. The van der Waals surface area contributed by atoms with Gasteiger partial charge in [-0.05, 0) is 31.4 Å². The summed E-state index contributed by atoms with van der Waals surface area (Å²) in [6, 6.07) is 1.92. The number of carbonyl (C=O) groups is 2. The van der Waals surface area contributed by atoms with Gasteiger partial charge in [-0.3, -0.25) is 9.59 Å². The number of hydrogen-bond donors (Lipinski definition) is 1. The molecular weight excluding hydrogens is 305 g/mol. The SMILES string of the molecule is O=C(O)CCC(=O)OC1(c2ccc(C(F)(F)F)nn2)CCC1. The van der Waals surface area contributed by atoms with E-state index in [0.29, 0.717) is 12.8 Å². The Labute approximate surface area is 123 Å². The number of halogens is 3. The van der Waals surface area contributed by atoms with Crippen molar-refractivity contribution in [3.8, 4) is 0 Å². The summed E-state index contributed by atoms with van der Waals surface area (Å²) in [6.07, 6.45) is -3.68. The molecule has 0 bridgehead atoms. The van der Waals surface area contributed by atoms with Crippen LogP contribution in [0.15, 0.2) is 12.1 Å². The first kappa shape index (κ1) is 16.2. The van der Waals surface area contributed by atoms with E-state index in [1.165, 1.54) is 0 Å². The molecule has 0 unspecified atom stereocenters. The Morgan fingerprint density at radius 2 is 1.91 bits per heavy atom. The summed E-state index contributed by atoms with van der Waals surface area (Å²) in [7, 11) is 0. The highest BCUT2D eigenvalue weighted by Crippen LogP contribution is 2.44. The topological polar surface area (TPSA) is 89.4 Å².